The van der Waals surface area contributed by atoms with Gasteiger partial charge in [-0.15, -0.1) is 0 Å². The Hall–Kier alpha value is -0.190. The highest BCUT2D eigenvalue weighted by Gasteiger charge is 2.22. The van der Waals surface area contributed by atoms with Gasteiger partial charge in [0.1, 0.15) is 12.9 Å². The molecule has 2 fully saturated rings. The van der Waals surface area contributed by atoms with Crippen molar-refractivity contribution < 1.29 is 9.23 Å². The molecule has 2 rings (SSSR count). The lowest BCUT2D eigenvalue weighted by molar-refractivity contribution is -0.175. The standard InChI is InChI=1S/C9H17FN2O/c10-9-3-6-11(7-9)8-13-12-4-1-2-5-12/h9H,1-8H2. The van der Waals surface area contributed by atoms with E-state index in [1.165, 1.54) is 12.8 Å². The molecule has 0 spiro atoms. The molecule has 0 aromatic heterocycles. The first kappa shape index (κ1) is 9.37. The quantitative estimate of drug-likeness (QED) is 0.657. The van der Waals surface area contributed by atoms with Crippen molar-refractivity contribution in [3.05, 3.63) is 0 Å². The number of rotatable bonds is 3. The Bertz CT molecular complexity index is 162. The molecule has 0 bridgehead atoms. The van der Waals surface area contributed by atoms with Gasteiger partial charge in [0.05, 0.1) is 0 Å². The molecule has 0 N–H and O–H groups in total. The number of alkyl halides is 1. The second-order valence-electron chi connectivity index (χ2n) is 3.86. The third-order valence-electron chi connectivity index (χ3n) is 2.70. The minimum atomic E-state index is -0.637. The highest BCUT2D eigenvalue weighted by Crippen LogP contribution is 2.13. The maximum Gasteiger partial charge on any atom is 0.121 e. The fourth-order valence-electron chi connectivity index (χ4n) is 1.88. The Morgan fingerprint density at radius 2 is 2.00 bits per heavy atom. The van der Waals surface area contributed by atoms with Crippen molar-refractivity contribution in [1.82, 2.24) is 9.96 Å². The average molecular weight is 188 g/mol. The van der Waals surface area contributed by atoms with E-state index < -0.39 is 6.17 Å². The van der Waals surface area contributed by atoms with Crippen molar-refractivity contribution in [1.29, 1.82) is 0 Å². The third-order valence-corrected chi connectivity index (χ3v) is 2.70. The van der Waals surface area contributed by atoms with E-state index in [1.54, 1.807) is 0 Å². The van der Waals surface area contributed by atoms with Crippen LogP contribution in [0.25, 0.3) is 0 Å². The van der Waals surface area contributed by atoms with Gasteiger partial charge in [0.15, 0.2) is 0 Å². The van der Waals surface area contributed by atoms with E-state index in [1.807, 2.05) is 9.96 Å². The zero-order valence-electron chi connectivity index (χ0n) is 7.91. The first-order valence-corrected chi connectivity index (χ1v) is 5.09. The highest BCUT2D eigenvalue weighted by atomic mass is 19.1. The Balaban J connectivity index is 1.62. The normalized spacial score (nSPS) is 31.6. The first-order chi connectivity index (χ1) is 6.34. The molecule has 0 saturated carbocycles. The van der Waals surface area contributed by atoms with Gasteiger partial charge in [0.2, 0.25) is 0 Å². The van der Waals surface area contributed by atoms with Crippen molar-refractivity contribution in [2.45, 2.75) is 25.4 Å². The molecule has 2 aliphatic heterocycles. The third kappa shape index (κ3) is 2.62. The Morgan fingerprint density at radius 1 is 1.23 bits per heavy atom. The maximum absolute atomic E-state index is 12.8. The maximum atomic E-state index is 12.8. The van der Waals surface area contributed by atoms with Crippen molar-refractivity contribution >= 4 is 0 Å². The molecule has 0 aliphatic carbocycles. The van der Waals surface area contributed by atoms with Crippen LogP contribution in [0.3, 0.4) is 0 Å². The minimum Gasteiger partial charge on any atom is -0.283 e. The molecule has 0 radical (unpaired) electrons. The Labute approximate surface area is 78.4 Å². The van der Waals surface area contributed by atoms with Gasteiger partial charge in [-0.1, -0.05) is 0 Å². The fraction of sp³-hybridized carbons (Fsp3) is 1.00. The van der Waals surface area contributed by atoms with Crippen LogP contribution >= 0.6 is 0 Å². The van der Waals surface area contributed by atoms with E-state index in [9.17, 15) is 4.39 Å². The van der Waals surface area contributed by atoms with Gasteiger partial charge in [-0.05, 0) is 19.3 Å². The summed E-state index contributed by atoms with van der Waals surface area (Å²) in [6.45, 7) is 4.03. The molecule has 2 saturated heterocycles. The molecule has 0 amide bonds. The first-order valence-electron chi connectivity index (χ1n) is 5.09. The molecule has 13 heavy (non-hydrogen) atoms. The summed E-state index contributed by atoms with van der Waals surface area (Å²) in [5, 5.41) is 1.99. The number of hydrogen-bond acceptors (Lipinski definition) is 3. The summed E-state index contributed by atoms with van der Waals surface area (Å²) in [6.07, 6.45) is 2.49. The average Bonchev–Trinajstić information content (AvgIpc) is 2.71. The van der Waals surface area contributed by atoms with E-state index in [0.717, 1.165) is 19.6 Å². The van der Waals surface area contributed by atoms with Crippen molar-refractivity contribution in [2.24, 2.45) is 0 Å². The van der Waals surface area contributed by atoms with Gasteiger partial charge in [0.25, 0.3) is 0 Å². The van der Waals surface area contributed by atoms with Crippen LogP contribution in [-0.2, 0) is 4.84 Å². The summed E-state index contributed by atoms with van der Waals surface area (Å²) in [5.41, 5.74) is 0. The number of halogens is 1. The number of hydroxylamine groups is 2. The summed E-state index contributed by atoms with van der Waals surface area (Å²) >= 11 is 0. The van der Waals surface area contributed by atoms with Crippen LogP contribution in [0.2, 0.25) is 0 Å². The van der Waals surface area contributed by atoms with E-state index in [4.69, 9.17) is 4.84 Å². The molecule has 1 atom stereocenters. The van der Waals surface area contributed by atoms with Crippen molar-refractivity contribution in [2.75, 3.05) is 32.9 Å². The van der Waals surface area contributed by atoms with E-state index >= 15 is 0 Å². The Kier molecular flexibility index (Phi) is 3.14. The van der Waals surface area contributed by atoms with E-state index in [-0.39, 0.29) is 0 Å². The topological polar surface area (TPSA) is 15.7 Å². The molecular formula is C9H17FN2O. The van der Waals surface area contributed by atoms with Crippen LogP contribution in [0, 0.1) is 0 Å². The molecule has 0 aromatic carbocycles. The van der Waals surface area contributed by atoms with Crippen LogP contribution in [0.5, 0.6) is 0 Å². The molecule has 4 heteroatoms. The van der Waals surface area contributed by atoms with Gasteiger partial charge < -0.3 is 0 Å². The lowest BCUT2D eigenvalue weighted by Gasteiger charge is -2.20. The number of likely N-dealkylation sites (tertiary alicyclic amines) is 1. The predicted molar refractivity (Wildman–Crippen MR) is 47.8 cm³/mol. The molecule has 2 aliphatic rings. The van der Waals surface area contributed by atoms with Crippen LogP contribution in [0.1, 0.15) is 19.3 Å². The Morgan fingerprint density at radius 3 is 2.62 bits per heavy atom. The molecule has 76 valence electrons. The van der Waals surface area contributed by atoms with Gasteiger partial charge >= 0.3 is 0 Å². The van der Waals surface area contributed by atoms with Crippen LogP contribution in [-0.4, -0.2) is 49.0 Å². The smallest absolute Gasteiger partial charge is 0.121 e. The highest BCUT2D eigenvalue weighted by molar-refractivity contribution is 4.72. The minimum absolute atomic E-state index is 0.549. The predicted octanol–water partition coefficient (Wildman–Crippen LogP) is 1.02. The lowest BCUT2D eigenvalue weighted by atomic mass is 10.4. The van der Waals surface area contributed by atoms with Crippen LogP contribution < -0.4 is 0 Å². The van der Waals surface area contributed by atoms with E-state index in [2.05, 4.69) is 0 Å². The second-order valence-corrected chi connectivity index (χ2v) is 3.86. The summed E-state index contributed by atoms with van der Waals surface area (Å²) < 4.78 is 12.8. The van der Waals surface area contributed by atoms with Crippen LogP contribution in [0.15, 0.2) is 0 Å². The molecular weight excluding hydrogens is 171 g/mol. The summed E-state index contributed by atoms with van der Waals surface area (Å²) in [6, 6.07) is 0. The number of hydrogen-bond donors (Lipinski definition) is 0. The van der Waals surface area contributed by atoms with Gasteiger partial charge in [0, 0.05) is 26.2 Å². The molecule has 2 heterocycles. The summed E-state index contributed by atoms with van der Waals surface area (Å²) in [4.78, 5) is 7.56. The number of nitrogens with zero attached hydrogens (tertiary/aromatic N) is 2. The molecule has 1 unspecified atom stereocenters. The molecule has 3 nitrogen and oxygen atoms in total. The fourth-order valence-corrected chi connectivity index (χ4v) is 1.88. The summed E-state index contributed by atoms with van der Waals surface area (Å²) in [5.74, 6) is 0. The largest absolute Gasteiger partial charge is 0.283 e. The van der Waals surface area contributed by atoms with Gasteiger partial charge in [-0.3, -0.25) is 9.74 Å². The monoisotopic (exact) mass is 188 g/mol. The van der Waals surface area contributed by atoms with E-state index in [0.29, 0.717) is 19.7 Å². The molecule has 0 aromatic rings. The zero-order valence-corrected chi connectivity index (χ0v) is 7.91. The van der Waals surface area contributed by atoms with Crippen molar-refractivity contribution in [3.8, 4) is 0 Å². The van der Waals surface area contributed by atoms with Crippen LogP contribution in [0.4, 0.5) is 4.39 Å². The summed E-state index contributed by atoms with van der Waals surface area (Å²) in [7, 11) is 0. The zero-order chi connectivity index (χ0) is 9.10. The van der Waals surface area contributed by atoms with Crippen molar-refractivity contribution in [3.63, 3.8) is 0 Å². The van der Waals surface area contributed by atoms with Gasteiger partial charge in [-0.25, -0.2) is 4.39 Å². The lowest BCUT2D eigenvalue weighted by Crippen LogP contribution is -2.30. The van der Waals surface area contributed by atoms with Gasteiger partial charge in [-0.2, -0.15) is 5.06 Å². The second kappa shape index (κ2) is 4.35. The SMILES string of the molecule is FC1CCN(CON2CCCC2)C1.